The summed E-state index contributed by atoms with van der Waals surface area (Å²) in [5.74, 6) is 0.432. The highest BCUT2D eigenvalue weighted by atomic mass is 35.5. The lowest BCUT2D eigenvalue weighted by Crippen LogP contribution is -2.42. The maximum absolute atomic E-state index is 13.1. The van der Waals surface area contributed by atoms with Gasteiger partial charge in [-0.2, -0.15) is 4.31 Å². The summed E-state index contributed by atoms with van der Waals surface area (Å²) in [7, 11) is -1.92. The quantitative estimate of drug-likeness (QED) is 0.694. The molecule has 0 bridgehead atoms. The van der Waals surface area contributed by atoms with Gasteiger partial charge in [0.2, 0.25) is 10.0 Å². The number of halogens is 1. The Morgan fingerprint density at radius 2 is 1.89 bits per heavy atom. The average molecular weight is 441 g/mol. The molecule has 0 saturated carbocycles. The first-order valence-electron chi connectivity index (χ1n) is 9.26. The second kappa shape index (κ2) is 8.53. The van der Waals surface area contributed by atoms with E-state index < -0.39 is 10.0 Å². The maximum atomic E-state index is 13.1. The number of carbonyl (C=O) groups is 1. The number of thiophene rings is 1. The number of hydrogen-bond acceptors (Lipinski definition) is 4. The Bertz CT molecular complexity index is 948. The van der Waals surface area contributed by atoms with Gasteiger partial charge in [0.05, 0.1) is 15.8 Å². The minimum Gasteiger partial charge on any atom is -0.337 e. The molecule has 3 rings (SSSR count). The van der Waals surface area contributed by atoms with Gasteiger partial charge in [0.15, 0.2) is 0 Å². The zero-order valence-electron chi connectivity index (χ0n) is 16.3. The van der Waals surface area contributed by atoms with Gasteiger partial charge in [-0.05, 0) is 48.6 Å². The van der Waals surface area contributed by atoms with E-state index in [1.165, 1.54) is 17.4 Å². The minimum absolute atomic E-state index is 0.173. The molecule has 1 fully saturated rings. The van der Waals surface area contributed by atoms with Crippen LogP contribution in [0.3, 0.4) is 0 Å². The Balaban J connectivity index is 1.80. The van der Waals surface area contributed by atoms with Crippen LogP contribution < -0.4 is 0 Å². The van der Waals surface area contributed by atoms with Crippen molar-refractivity contribution in [3.8, 4) is 0 Å². The fraction of sp³-hybridized carbons (Fsp3) is 0.450. The third kappa shape index (κ3) is 4.76. The zero-order valence-corrected chi connectivity index (χ0v) is 18.6. The van der Waals surface area contributed by atoms with Crippen molar-refractivity contribution in [1.29, 1.82) is 0 Å². The fourth-order valence-electron chi connectivity index (χ4n) is 3.70. The molecule has 8 heteroatoms. The molecule has 1 aromatic carbocycles. The van der Waals surface area contributed by atoms with Crippen LogP contribution in [0.2, 0.25) is 4.34 Å². The van der Waals surface area contributed by atoms with E-state index in [2.05, 4.69) is 13.8 Å². The second-order valence-corrected chi connectivity index (χ2v) is 11.4. The van der Waals surface area contributed by atoms with Gasteiger partial charge < -0.3 is 4.90 Å². The Kier molecular flexibility index (Phi) is 6.49. The molecule has 0 unspecified atom stereocenters. The molecule has 1 aromatic heterocycles. The number of benzene rings is 1. The zero-order chi connectivity index (χ0) is 20.5. The lowest BCUT2D eigenvalue weighted by atomic mass is 9.94. The van der Waals surface area contributed by atoms with Crippen LogP contribution in [0, 0.1) is 11.8 Å². The Morgan fingerprint density at radius 1 is 1.21 bits per heavy atom. The highest BCUT2D eigenvalue weighted by molar-refractivity contribution is 7.89. The number of piperidine rings is 1. The summed E-state index contributed by atoms with van der Waals surface area (Å²) in [5, 5.41) is 0. The van der Waals surface area contributed by atoms with E-state index in [9.17, 15) is 13.2 Å². The van der Waals surface area contributed by atoms with Crippen molar-refractivity contribution in [2.24, 2.45) is 11.8 Å². The predicted molar refractivity (Wildman–Crippen MR) is 113 cm³/mol. The molecule has 2 heterocycles. The Hall–Kier alpha value is -1.41. The Morgan fingerprint density at radius 3 is 2.50 bits per heavy atom. The molecule has 1 aliphatic rings. The van der Waals surface area contributed by atoms with Crippen LogP contribution in [-0.4, -0.2) is 43.7 Å². The van der Waals surface area contributed by atoms with E-state index in [1.54, 1.807) is 40.5 Å². The predicted octanol–water partition coefficient (Wildman–Crippen LogP) is 4.34. The first-order chi connectivity index (χ1) is 13.2. The van der Waals surface area contributed by atoms with E-state index in [0.717, 1.165) is 11.3 Å². The molecule has 0 N–H and O–H groups in total. The largest absolute Gasteiger partial charge is 0.337 e. The smallest absolute Gasteiger partial charge is 0.253 e. The lowest BCUT2D eigenvalue weighted by Gasteiger charge is -2.34. The van der Waals surface area contributed by atoms with Crippen molar-refractivity contribution >= 4 is 38.9 Å². The molecule has 0 aliphatic carbocycles. The van der Waals surface area contributed by atoms with E-state index in [1.807, 2.05) is 6.07 Å². The van der Waals surface area contributed by atoms with Crippen LogP contribution >= 0.6 is 22.9 Å². The summed E-state index contributed by atoms with van der Waals surface area (Å²) in [6, 6.07) is 10.0. The minimum atomic E-state index is -3.62. The van der Waals surface area contributed by atoms with Gasteiger partial charge in [0.1, 0.15) is 0 Å². The number of hydrogen-bond donors (Lipinski definition) is 0. The highest BCUT2D eigenvalue weighted by Gasteiger charge is 2.32. The molecule has 1 amide bonds. The van der Waals surface area contributed by atoms with Gasteiger partial charge in [-0.15, -0.1) is 11.3 Å². The summed E-state index contributed by atoms with van der Waals surface area (Å²) >= 11 is 7.37. The van der Waals surface area contributed by atoms with Crippen LogP contribution in [0.4, 0.5) is 0 Å². The first-order valence-corrected chi connectivity index (χ1v) is 11.9. The molecule has 2 atom stereocenters. The van der Waals surface area contributed by atoms with E-state index in [-0.39, 0.29) is 10.8 Å². The second-order valence-electron chi connectivity index (χ2n) is 7.66. The first kappa shape index (κ1) is 21.3. The number of rotatable bonds is 5. The highest BCUT2D eigenvalue weighted by Crippen LogP contribution is 2.27. The summed E-state index contributed by atoms with van der Waals surface area (Å²) in [4.78, 5) is 15.5. The van der Waals surface area contributed by atoms with Gasteiger partial charge in [-0.3, -0.25) is 4.79 Å². The van der Waals surface area contributed by atoms with Gasteiger partial charge in [-0.25, -0.2) is 8.42 Å². The summed E-state index contributed by atoms with van der Waals surface area (Å²) in [6.45, 7) is 5.61. The van der Waals surface area contributed by atoms with Crippen LogP contribution in [0.25, 0.3) is 0 Å². The molecule has 2 aromatic rings. The third-order valence-electron chi connectivity index (χ3n) is 4.92. The monoisotopic (exact) mass is 440 g/mol. The third-order valence-corrected chi connectivity index (χ3v) is 7.97. The van der Waals surface area contributed by atoms with E-state index >= 15 is 0 Å². The topological polar surface area (TPSA) is 57.7 Å². The number of sulfonamides is 1. The van der Waals surface area contributed by atoms with Gasteiger partial charge >= 0.3 is 0 Å². The SMILES string of the molecule is C[C@H]1C[C@H](C)CN(S(=O)(=O)c2cccc(C(=O)N(C)Cc3ccc(Cl)s3)c2)C1. The van der Waals surface area contributed by atoms with Crippen LogP contribution in [-0.2, 0) is 16.6 Å². The Labute approximate surface area is 176 Å². The van der Waals surface area contributed by atoms with Gasteiger partial charge in [0.25, 0.3) is 5.91 Å². The van der Waals surface area contributed by atoms with Crippen LogP contribution in [0.15, 0.2) is 41.3 Å². The normalized spacial score (nSPS) is 20.9. The molecule has 1 aliphatic heterocycles. The van der Waals surface area contributed by atoms with Crippen molar-refractivity contribution in [3.63, 3.8) is 0 Å². The van der Waals surface area contributed by atoms with Crippen molar-refractivity contribution in [3.05, 3.63) is 51.2 Å². The molecule has 28 heavy (non-hydrogen) atoms. The molecule has 5 nitrogen and oxygen atoms in total. The summed E-state index contributed by atoms with van der Waals surface area (Å²) in [6.07, 6.45) is 1.03. The van der Waals surface area contributed by atoms with Gasteiger partial charge in [-0.1, -0.05) is 31.5 Å². The standard InChI is InChI=1S/C20H25ClN2O3S2/c1-14-9-15(2)12-23(11-14)28(25,26)18-6-4-5-16(10-18)20(24)22(3)13-17-7-8-19(21)27-17/h4-8,10,14-15H,9,11-13H2,1-3H3/t14-,15-/m0/s1. The number of carbonyl (C=O) groups excluding carboxylic acids is 1. The molecular formula is C20H25ClN2O3S2. The lowest BCUT2D eigenvalue weighted by molar-refractivity contribution is 0.0786. The number of amides is 1. The van der Waals surface area contributed by atoms with Crippen molar-refractivity contribution < 1.29 is 13.2 Å². The molecular weight excluding hydrogens is 416 g/mol. The van der Waals surface area contributed by atoms with E-state index in [0.29, 0.717) is 41.4 Å². The van der Waals surface area contributed by atoms with Crippen molar-refractivity contribution in [2.45, 2.75) is 31.7 Å². The number of nitrogens with zero attached hydrogens (tertiary/aromatic N) is 2. The van der Waals surface area contributed by atoms with E-state index in [4.69, 9.17) is 11.6 Å². The molecule has 152 valence electrons. The van der Waals surface area contributed by atoms with Crippen LogP contribution in [0.5, 0.6) is 0 Å². The van der Waals surface area contributed by atoms with Gasteiger partial charge in [0, 0.05) is 30.6 Å². The maximum Gasteiger partial charge on any atom is 0.253 e. The molecule has 1 saturated heterocycles. The molecule has 0 radical (unpaired) electrons. The summed E-state index contributed by atoms with van der Waals surface area (Å²) < 4.78 is 28.4. The average Bonchev–Trinajstić information content (AvgIpc) is 3.05. The van der Waals surface area contributed by atoms with Crippen molar-refractivity contribution in [2.75, 3.05) is 20.1 Å². The van der Waals surface area contributed by atoms with Crippen molar-refractivity contribution in [1.82, 2.24) is 9.21 Å². The molecule has 0 spiro atoms. The van der Waals surface area contributed by atoms with Crippen LogP contribution in [0.1, 0.15) is 35.5 Å². The summed E-state index contributed by atoms with van der Waals surface area (Å²) in [5.41, 5.74) is 0.365. The fourth-order valence-corrected chi connectivity index (χ4v) is 6.57.